The van der Waals surface area contributed by atoms with Gasteiger partial charge in [-0.3, -0.25) is 4.79 Å². The van der Waals surface area contributed by atoms with Crippen LogP contribution in [0.15, 0.2) is 54.6 Å². The minimum atomic E-state index is 0.0565. The van der Waals surface area contributed by atoms with Gasteiger partial charge in [-0.2, -0.15) is 0 Å². The average Bonchev–Trinajstić information content (AvgIpc) is 2.91. The van der Waals surface area contributed by atoms with Crippen LogP contribution in [0.4, 0.5) is 0 Å². The fourth-order valence-corrected chi connectivity index (χ4v) is 2.88. The first-order valence-corrected chi connectivity index (χ1v) is 8.63. The zero-order chi connectivity index (χ0) is 17.6. The summed E-state index contributed by atoms with van der Waals surface area (Å²) >= 11 is 0. The number of benzene rings is 2. The van der Waals surface area contributed by atoms with E-state index in [9.17, 15) is 4.79 Å². The Balaban J connectivity index is 1.43. The van der Waals surface area contributed by atoms with Gasteiger partial charge in [0.05, 0.1) is 6.61 Å². The Morgan fingerprint density at radius 3 is 2.72 bits per heavy atom. The van der Waals surface area contributed by atoms with Crippen molar-refractivity contribution in [2.45, 2.75) is 26.3 Å². The van der Waals surface area contributed by atoms with Gasteiger partial charge in [-0.1, -0.05) is 24.3 Å². The first kappa shape index (κ1) is 17.1. The third-order valence-electron chi connectivity index (χ3n) is 4.40. The number of carbonyl (C=O) groups excluding carboxylic acids is 1. The summed E-state index contributed by atoms with van der Waals surface area (Å²) in [6.45, 7) is 3.20. The summed E-state index contributed by atoms with van der Waals surface area (Å²) in [6.07, 6.45) is 1.18. The Bertz CT molecular complexity index is 853. The standard InChI is InChI=1S/C21H24N2O2/c1-16-13-18-14-17(10-11-20(18)23(16)2)15-22-21(24)9-6-12-25-19-7-4-3-5-8-19/h3-5,7-8,10-11,13-14H,6,9,12,15H2,1-2H3,(H,22,24). The molecule has 0 aliphatic rings. The van der Waals surface area contributed by atoms with Gasteiger partial charge in [0, 0.05) is 36.6 Å². The number of aryl methyl sites for hydroxylation is 2. The van der Waals surface area contributed by atoms with Crippen LogP contribution in [0, 0.1) is 6.92 Å². The number of carbonyl (C=O) groups is 1. The lowest BCUT2D eigenvalue weighted by Gasteiger charge is -2.07. The molecule has 1 N–H and O–H groups in total. The highest BCUT2D eigenvalue weighted by atomic mass is 16.5. The van der Waals surface area contributed by atoms with Crippen molar-refractivity contribution >= 4 is 16.8 Å². The molecule has 0 fully saturated rings. The minimum absolute atomic E-state index is 0.0565. The van der Waals surface area contributed by atoms with Crippen molar-refractivity contribution in [2.24, 2.45) is 7.05 Å². The van der Waals surface area contributed by atoms with Crippen molar-refractivity contribution < 1.29 is 9.53 Å². The molecule has 0 saturated heterocycles. The van der Waals surface area contributed by atoms with E-state index in [-0.39, 0.29) is 5.91 Å². The van der Waals surface area contributed by atoms with E-state index in [0.29, 0.717) is 26.0 Å². The SMILES string of the molecule is Cc1cc2cc(CNC(=O)CCCOc3ccccc3)ccc2n1C. The van der Waals surface area contributed by atoms with Crippen LogP contribution in [0.1, 0.15) is 24.1 Å². The Morgan fingerprint density at radius 2 is 1.92 bits per heavy atom. The second-order valence-corrected chi connectivity index (χ2v) is 6.28. The Labute approximate surface area is 148 Å². The van der Waals surface area contributed by atoms with Gasteiger partial charge < -0.3 is 14.6 Å². The number of hydrogen-bond donors (Lipinski definition) is 1. The number of fused-ring (bicyclic) bond motifs is 1. The predicted molar refractivity (Wildman–Crippen MR) is 101 cm³/mol. The molecule has 0 saturated carbocycles. The first-order chi connectivity index (χ1) is 12.1. The highest BCUT2D eigenvalue weighted by molar-refractivity contribution is 5.82. The molecular formula is C21H24N2O2. The summed E-state index contributed by atoms with van der Waals surface area (Å²) < 4.78 is 7.77. The van der Waals surface area contributed by atoms with E-state index in [1.54, 1.807) is 0 Å². The molecule has 0 spiro atoms. The summed E-state index contributed by atoms with van der Waals surface area (Å²) in [4.78, 5) is 12.0. The largest absolute Gasteiger partial charge is 0.494 e. The zero-order valence-corrected chi connectivity index (χ0v) is 14.8. The summed E-state index contributed by atoms with van der Waals surface area (Å²) in [5.74, 6) is 0.898. The Hall–Kier alpha value is -2.75. The highest BCUT2D eigenvalue weighted by Gasteiger charge is 2.05. The average molecular weight is 336 g/mol. The quantitative estimate of drug-likeness (QED) is 0.664. The number of para-hydroxylation sites is 1. The molecule has 25 heavy (non-hydrogen) atoms. The second kappa shape index (κ2) is 7.88. The third kappa shape index (κ3) is 4.41. The molecule has 0 unspecified atom stereocenters. The van der Waals surface area contributed by atoms with E-state index >= 15 is 0 Å². The highest BCUT2D eigenvalue weighted by Crippen LogP contribution is 2.19. The molecule has 4 nitrogen and oxygen atoms in total. The van der Waals surface area contributed by atoms with Crippen LogP contribution in [0.2, 0.25) is 0 Å². The van der Waals surface area contributed by atoms with Gasteiger partial charge in [-0.25, -0.2) is 0 Å². The van der Waals surface area contributed by atoms with E-state index in [4.69, 9.17) is 4.74 Å². The van der Waals surface area contributed by atoms with E-state index < -0.39 is 0 Å². The number of nitrogens with zero attached hydrogens (tertiary/aromatic N) is 1. The summed E-state index contributed by atoms with van der Waals surface area (Å²) in [6, 6.07) is 18.2. The van der Waals surface area contributed by atoms with Gasteiger partial charge in [-0.15, -0.1) is 0 Å². The fraction of sp³-hybridized carbons (Fsp3) is 0.286. The maximum Gasteiger partial charge on any atom is 0.220 e. The second-order valence-electron chi connectivity index (χ2n) is 6.28. The first-order valence-electron chi connectivity index (χ1n) is 8.63. The summed E-state index contributed by atoms with van der Waals surface area (Å²) in [5.41, 5.74) is 3.56. The van der Waals surface area contributed by atoms with Crippen LogP contribution in [0.5, 0.6) is 5.75 Å². The van der Waals surface area contributed by atoms with Crippen molar-refractivity contribution in [2.75, 3.05) is 6.61 Å². The molecule has 0 atom stereocenters. The van der Waals surface area contributed by atoms with E-state index in [2.05, 4.69) is 48.1 Å². The number of hydrogen-bond acceptors (Lipinski definition) is 2. The molecule has 130 valence electrons. The van der Waals surface area contributed by atoms with E-state index in [0.717, 1.165) is 11.3 Å². The van der Waals surface area contributed by atoms with Gasteiger partial charge in [0.1, 0.15) is 5.75 Å². The smallest absolute Gasteiger partial charge is 0.220 e. The van der Waals surface area contributed by atoms with Crippen LogP contribution in [-0.4, -0.2) is 17.1 Å². The molecule has 0 aliphatic carbocycles. The van der Waals surface area contributed by atoms with E-state index in [1.807, 2.05) is 30.3 Å². The van der Waals surface area contributed by atoms with Crippen molar-refractivity contribution in [1.82, 2.24) is 9.88 Å². The van der Waals surface area contributed by atoms with Gasteiger partial charge in [0.2, 0.25) is 5.91 Å². The molecule has 1 aromatic heterocycles. The van der Waals surface area contributed by atoms with E-state index in [1.165, 1.54) is 16.6 Å². The Morgan fingerprint density at radius 1 is 1.12 bits per heavy atom. The molecule has 4 heteroatoms. The molecular weight excluding hydrogens is 312 g/mol. The molecule has 0 bridgehead atoms. The fourth-order valence-electron chi connectivity index (χ4n) is 2.88. The lowest BCUT2D eigenvalue weighted by atomic mass is 10.1. The number of ether oxygens (including phenoxy) is 1. The molecule has 1 amide bonds. The maximum absolute atomic E-state index is 12.0. The molecule has 3 aromatic rings. The minimum Gasteiger partial charge on any atom is -0.494 e. The van der Waals surface area contributed by atoms with Crippen LogP contribution in [-0.2, 0) is 18.4 Å². The van der Waals surface area contributed by atoms with Crippen LogP contribution in [0.25, 0.3) is 10.9 Å². The van der Waals surface area contributed by atoms with Gasteiger partial charge in [0.15, 0.2) is 0 Å². The van der Waals surface area contributed by atoms with Crippen LogP contribution in [0.3, 0.4) is 0 Å². The third-order valence-corrected chi connectivity index (χ3v) is 4.40. The lowest BCUT2D eigenvalue weighted by molar-refractivity contribution is -0.121. The molecule has 1 heterocycles. The van der Waals surface area contributed by atoms with Crippen LogP contribution >= 0.6 is 0 Å². The molecule has 0 aliphatic heterocycles. The van der Waals surface area contributed by atoms with Gasteiger partial charge in [0.25, 0.3) is 0 Å². The van der Waals surface area contributed by atoms with Crippen molar-refractivity contribution in [1.29, 1.82) is 0 Å². The summed E-state index contributed by atoms with van der Waals surface area (Å²) in [5, 5.41) is 4.19. The molecule has 0 radical (unpaired) electrons. The lowest BCUT2D eigenvalue weighted by Crippen LogP contribution is -2.22. The maximum atomic E-state index is 12.0. The number of aromatic nitrogens is 1. The molecule has 2 aromatic carbocycles. The molecule has 3 rings (SSSR count). The monoisotopic (exact) mass is 336 g/mol. The van der Waals surface area contributed by atoms with Gasteiger partial charge in [-0.05, 0) is 49.2 Å². The zero-order valence-electron chi connectivity index (χ0n) is 14.8. The van der Waals surface area contributed by atoms with Crippen molar-refractivity contribution in [3.8, 4) is 5.75 Å². The van der Waals surface area contributed by atoms with Crippen molar-refractivity contribution in [3.63, 3.8) is 0 Å². The summed E-state index contributed by atoms with van der Waals surface area (Å²) in [7, 11) is 2.07. The van der Waals surface area contributed by atoms with Gasteiger partial charge >= 0.3 is 0 Å². The topological polar surface area (TPSA) is 43.3 Å². The number of amides is 1. The number of rotatable bonds is 7. The normalized spacial score (nSPS) is 10.8. The van der Waals surface area contributed by atoms with Crippen molar-refractivity contribution in [3.05, 3.63) is 65.9 Å². The Kier molecular flexibility index (Phi) is 5.39. The number of nitrogens with one attached hydrogen (secondary N) is 1. The van der Waals surface area contributed by atoms with Crippen LogP contribution < -0.4 is 10.1 Å². The predicted octanol–water partition coefficient (Wildman–Crippen LogP) is 3.96.